The predicted molar refractivity (Wildman–Crippen MR) is 109 cm³/mol. The third-order valence-electron chi connectivity index (χ3n) is 4.79. The summed E-state index contributed by atoms with van der Waals surface area (Å²) in [6.45, 7) is 7.57. The molecule has 0 fully saturated rings. The predicted octanol–water partition coefficient (Wildman–Crippen LogP) is 4.97. The van der Waals surface area contributed by atoms with Crippen LogP contribution in [0.3, 0.4) is 0 Å². The number of hydrogen-bond acceptors (Lipinski definition) is 2. The maximum atomic E-state index is 3.64. The molecule has 0 radical (unpaired) electrons. The Morgan fingerprint density at radius 3 is 1.96 bits per heavy atom. The topological polar surface area (TPSA) is 24.1 Å². The van der Waals surface area contributed by atoms with Crippen LogP contribution in [0.15, 0.2) is 60.7 Å². The van der Waals surface area contributed by atoms with Gasteiger partial charge in [0, 0.05) is 31.6 Å². The molecule has 0 aliphatic carbocycles. The molecule has 0 bridgehead atoms. The molecular formula is C23H34N2. The van der Waals surface area contributed by atoms with Crippen molar-refractivity contribution < 1.29 is 0 Å². The number of benzene rings is 2. The molecular weight excluding hydrogens is 304 g/mol. The quantitative estimate of drug-likeness (QED) is 0.534. The highest BCUT2D eigenvalue weighted by Crippen LogP contribution is 2.23. The minimum atomic E-state index is 0.407. The lowest BCUT2D eigenvalue weighted by molar-refractivity contribution is 0.478. The minimum Gasteiger partial charge on any atom is -0.315 e. The van der Waals surface area contributed by atoms with E-state index < -0.39 is 0 Å². The first-order valence-electron chi connectivity index (χ1n) is 9.85. The summed E-state index contributed by atoms with van der Waals surface area (Å²) in [4.78, 5) is 0. The fourth-order valence-corrected chi connectivity index (χ4v) is 3.25. The van der Waals surface area contributed by atoms with Gasteiger partial charge >= 0.3 is 0 Å². The average molecular weight is 339 g/mol. The van der Waals surface area contributed by atoms with E-state index in [0.717, 1.165) is 19.6 Å². The molecule has 0 aromatic heterocycles. The Kier molecular flexibility index (Phi) is 9.32. The molecule has 0 amide bonds. The first-order valence-corrected chi connectivity index (χ1v) is 9.85. The van der Waals surface area contributed by atoms with Gasteiger partial charge in [0.1, 0.15) is 0 Å². The molecule has 0 aliphatic rings. The second-order valence-corrected chi connectivity index (χ2v) is 6.93. The van der Waals surface area contributed by atoms with Gasteiger partial charge in [-0.15, -0.1) is 0 Å². The summed E-state index contributed by atoms with van der Waals surface area (Å²) < 4.78 is 0. The van der Waals surface area contributed by atoms with E-state index in [1.807, 2.05) is 0 Å². The van der Waals surface area contributed by atoms with Crippen molar-refractivity contribution in [3.05, 3.63) is 71.8 Å². The molecule has 2 nitrogen and oxygen atoms in total. The van der Waals surface area contributed by atoms with E-state index in [2.05, 4.69) is 85.1 Å². The van der Waals surface area contributed by atoms with E-state index in [4.69, 9.17) is 0 Å². The zero-order valence-corrected chi connectivity index (χ0v) is 15.9. The van der Waals surface area contributed by atoms with Crippen LogP contribution < -0.4 is 10.6 Å². The molecule has 2 rings (SSSR count). The van der Waals surface area contributed by atoms with E-state index in [1.165, 1.54) is 36.8 Å². The van der Waals surface area contributed by atoms with Gasteiger partial charge in [0.25, 0.3) is 0 Å². The van der Waals surface area contributed by atoms with E-state index in [1.54, 1.807) is 0 Å². The molecule has 25 heavy (non-hydrogen) atoms. The van der Waals surface area contributed by atoms with Crippen LogP contribution in [0.25, 0.3) is 0 Å². The molecule has 0 heterocycles. The van der Waals surface area contributed by atoms with Crippen LogP contribution in [-0.4, -0.2) is 25.7 Å². The third-order valence-corrected chi connectivity index (χ3v) is 4.79. The van der Waals surface area contributed by atoms with Crippen molar-refractivity contribution in [3.63, 3.8) is 0 Å². The first-order chi connectivity index (χ1) is 12.3. The van der Waals surface area contributed by atoms with E-state index in [0.29, 0.717) is 12.0 Å². The second kappa shape index (κ2) is 11.8. The van der Waals surface area contributed by atoms with E-state index >= 15 is 0 Å². The molecule has 0 aliphatic heterocycles. The molecule has 2 heteroatoms. The molecule has 0 saturated heterocycles. The standard InChI is InChI=1S/C23H34N2/c1-3-4-7-12-20(2)25-18-17-24-19-23(21-13-8-5-9-14-21)22-15-10-6-11-16-22/h5-6,8-11,13-16,20,23-25H,3-4,7,12,17-19H2,1-2H3. The molecule has 0 saturated carbocycles. The van der Waals surface area contributed by atoms with Crippen molar-refractivity contribution in [1.29, 1.82) is 0 Å². The van der Waals surface area contributed by atoms with Gasteiger partial charge in [-0.25, -0.2) is 0 Å². The van der Waals surface area contributed by atoms with Crippen LogP contribution in [-0.2, 0) is 0 Å². The molecule has 2 aromatic carbocycles. The largest absolute Gasteiger partial charge is 0.315 e. The van der Waals surface area contributed by atoms with Gasteiger partial charge in [-0.05, 0) is 24.5 Å². The summed E-state index contributed by atoms with van der Waals surface area (Å²) in [5, 5.41) is 7.27. The maximum Gasteiger partial charge on any atom is 0.0214 e. The SMILES string of the molecule is CCCCCC(C)NCCNCC(c1ccccc1)c1ccccc1. The summed E-state index contributed by atoms with van der Waals surface area (Å²) in [5.74, 6) is 0.407. The highest BCUT2D eigenvalue weighted by Gasteiger charge is 2.13. The molecule has 2 N–H and O–H groups in total. The van der Waals surface area contributed by atoms with Gasteiger partial charge in [-0.2, -0.15) is 0 Å². The fraction of sp³-hybridized carbons (Fsp3) is 0.478. The van der Waals surface area contributed by atoms with E-state index in [-0.39, 0.29) is 0 Å². The van der Waals surface area contributed by atoms with Gasteiger partial charge < -0.3 is 10.6 Å². The summed E-state index contributed by atoms with van der Waals surface area (Å²) in [5.41, 5.74) is 2.75. The van der Waals surface area contributed by atoms with E-state index in [9.17, 15) is 0 Å². The van der Waals surface area contributed by atoms with Crippen LogP contribution in [0.1, 0.15) is 56.6 Å². The number of rotatable bonds is 12. The van der Waals surface area contributed by atoms with Crippen molar-refractivity contribution in [1.82, 2.24) is 10.6 Å². The summed E-state index contributed by atoms with van der Waals surface area (Å²) in [7, 11) is 0. The molecule has 136 valence electrons. The molecule has 1 atom stereocenters. The zero-order valence-electron chi connectivity index (χ0n) is 15.9. The Labute approximate surface area is 154 Å². The first kappa shape index (κ1) is 19.7. The van der Waals surface area contributed by atoms with Gasteiger partial charge in [-0.1, -0.05) is 86.8 Å². The van der Waals surface area contributed by atoms with Crippen LogP contribution in [0, 0.1) is 0 Å². The Morgan fingerprint density at radius 1 is 0.800 bits per heavy atom. The van der Waals surface area contributed by atoms with Crippen molar-refractivity contribution in [3.8, 4) is 0 Å². The highest BCUT2D eigenvalue weighted by molar-refractivity contribution is 5.32. The number of nitrogens with one attached hydrogen (secondary N) is 2. The lowest BCUT2D eigenvalue weighted by Gasteiger charge is -2.20. The third kappa shape index (κ3) is 7.41. The summed E-state index contributed by atoms with van der Waals surface area (Å²) in [6.07, 6.45) is 5.27. The summed E-state index contributed by atoms with van der Waals surface area (Å²) in [6, 6.07) is 22.2. The van der Waals surface area contributed by atoms with Crippen molar-refractivity contribution in [2.45, 2.75) is 51.5 Å². The van der Waals surface area contributed by atoms with Crippen LogP contribution in [0.2, 0.25) is 0 Å². The summed E-state index contributed by atoms with van der Waals surface area (Å²) >= 11 is 0. The smallest absolute Gasteiger partial charge is 0.0214 e. The molecule has 2 aromatic rings. The van der Waals surface area contributed by atoms with Crippen molar-refractivity contribution in [2.24, 2.45) is 0 Å². The lowest BCUT2D eigenvalue weighted by atomic mass is 9.91. The lowest BCUT2D eigenvalue weighted by Crippen LogP contribution is -2.34. The van der Waals surface area contributed by atoms with Gasteiger partial charge in [0.15, 0.2) is 0 Å². The van der Waals surface area contributed by atoms with Crippen molar-refractivity contribution >= 4 is 0 Å². The second-order valence-electron chi connectivity index (χ2n) is 6.93. The van der Waals surface area contributed by atoms with Gasteiger partial charge in [-0.3, -0.25) is 0 Å². The zero-order chi connectivity index (χ0) is 17.7. The Morgan fingerprint density at radius 2 is 1.40 bits per heavy atom. The monoisotopic (exact) mass is 338 g/mol. The highest BCUT2D eigenvalue weighted by atomic mass is 15.0. The minimum absolute atomic E-state index is 0.407. The number of hydrogen-bond donors (Lipinski definition) is 2. The van der Waals surface area contributed by atoms with Crippen LogP contribution >= 0.6 is 0 Å². The van der Waals surface area contributed by atoms with Gasteiger partial charge in [0.2, 0.25) is 0 Å². The van der Waals surface area contributed by atoms with Crippen LogP contribution in [0.5, 0.6) is 0 Å². The Bertz CT molecular complexity index is 513. The fourth-order valence-electron chi connectivity index (χ4n) is 3.25. The van der Waals surface area contributed by atoms with Crippen LogP contribution in [0.4, 0.5) is 0 Å². The van der Waals surface area contributed by atoms with Crippen molar-refractivity contribution in [2.75, 3.05) is 19.6 Å². The molecule has 0 spiro atoms. The Hall–Kier alpha value is -1.64. The normalized spacial score (nSPS) is 12.4. The maximum absolute atomic E-state index is 3.64. The average Bonchev–Trinajstić information content (AvgIpc) is 2.66. The van der Waals surface area contributed by atoms with Gasteiger partial charge in [0.05, 0.1) is 0 Å². The molecule has 1 unspecified atom stereocenters. The number of unbranched alkanes of at least 4 members (excludes halogenated alkanes) is 2. The Balaban J connectivity index is 1.77.